The van der Waals surface area contributed by atoms with Crippen LogP contribution in [0.2, 0.25) is 5.02 Å². The van der Waals surface area contributed by atoms with Crippen LogP contribution < -0.4 is 5.32 Å². The van der Waals surface area contributed by atoms with Gasteiger partial charge >= 0.3 is 0 Å². The number of carbonyl (C=O) groups is 1. The van der Waals surface area contributed by atoms with Gasteiger partial charge in [0.25, 0.3) is 5.91 Å². The van der Waals surface area contributed by atoms with Crippen LogP contribution >= 0.6 is 22.9 Å². The van der Waals surface area contributed by atoms with Crippen molar-refractivity contribution >= 4 is 44.2 Å². The molecule has 0 saturated carbocycles. The van der Waals surface area contributed by atoms with Crippen LogP contribution in [0.5, 0.6) is 0 Å². The zero-order valence-corrected chi connectivity index (χ0v) is 15.6. The molecule has 0 spiro atoms. The van der Waals surface area contributed by atoms with E-state index in [9.17, 15) is 4.79 Å². The maximum atomic E-state index is 12.7. The number of thiazole rings is 1. The number of nitrogens with one attached hydrogen (secondary N) is 1. The average molecular weight is 363 g/mol. The fourth-order valence-electron chi connectivity index (χ4n) is 2.69. The molecule has 2 aromatic heterocycles. The largest absolute Gasteiger partial charge is 0.300 e. The van der Waals surface area contributed by atoms with Gasteiger partial charge in [-0.1, -0.05) is 35.9 Å². The normalized spacial score (nSPS) is 12.5. The first-order valence-electron chi connectivity index (χ1n) is 7.80. The van der Waals surface area contributed by atoms with Gasteiger partial charge in [0.1, 0.15) is 6.04 Å². The van der Waals surface area contributed by atoms with E-state index in [4.69, 9.17) is 11.6 Å². The quantitative estimate of drug-likeness (QED) is 0.734. The topological polar surface area (TPSA) is 59.8 Å². The molecule has 1 N–H and O–H groups in total. The van der Waals surface area contributed by atoms with Crippen LogP contribution in [0.1, 0.15) is 36.3 Å². The summed E-state index contributed by atoms with van der Waals surface area (Å²) in [6.07, 6.45) is 0.619. The van der Waals surface area contributed by atoms with Crippen LogP contribution in [0.25, 0.3) is 10.2 Å². The Bertz CT molecular complexity index is 915. The van der Waals surface area contributed by atoms with Gasteiger partial charge in [0.05, 0.1) is 26.6 Å². The van der Waals surface area contributed by atoms with Crippen molar-refractivity contribution in [3.63, 3.8) is 0 Å². The molecular formula is C17H19ClN4OS. The lowest BCUT2D eigenvalue weighted by Gasteiger charge is -2.16. The minimum absolute atomic E-state index is 0.129. The van der Waals surface area contributed by atoms with Crippen molar-refractivity contribution in [2.24, 2.45) is 0 Å². The van der Waals surface area contributed by atoms with E-state index in [0.29, 0.717) is 16.6 Å². The van der Waals surface area contributed by atoms with E-state index < -0.39 is 6.04 Å². The summed E-state index contributed by atoms with van der Waals surface area (Å²) in [7, 11) is 0. The van der Waals surface area contributed by atoms with Gasteiger partial charge in [-0.2, -0.15) is 5.10 Å². The summed E-state index contributed by atoms with van der Waals surface area (Å²) in [5.41, 5.74) is 3.60. The van der Waals surface area contributed by atoms with Crippen LogP contribution in [0, 0.1) is 20.8 Å². The van der Waals surface area contributed by atoms with Gasteiger partial charge in [-0.25, -0.2) is 4.98 Å². The van der Waals surface area contributed by atoms with Crippen LogP contribution in [0.3, 0.4) is 0 Å². The third-order valence-electron chi connectivity index (χ3n) is 4.00. The van der Waals surface area contributed by atoms with E-state index >= 15 is 0 Å². The maximum absolute atomic E-state index is 12.7. The average Bonchev–Trinajstić information content (AvgIpc) is 3.04. The molecule has 0 aliphatic rings. The van der Waals surface area contributed by atoms with Crippen LogP contribution in [0.15, 0.2) is 18.2 Å². The van der Waals surface area contributed by atoms with E-state index in [-0.39, 0.29) is 5.91 Å². The number of carbonyl (C=O) groups excluding carboxylic acids is 1. The molecule has 0 bridgehead atoms. The number of aryl methyl sites for hydroxylation is 2. The van der Waals surface area contributed by atoms with Crippen LogP contribution in [0.4, 0.5) is 5.13 Å². The van der Waals surface area contributed by atoms with Gasteiger partial charge < -0.3 is 5.32 Å². The standard InChI is InChI=1S/C17H19ClN4OS/c1-5-13(22-11(4)15(18)10(3)21-22)16(23)20-17-19-12-7-6-9(2)8-14(12)24-17/h6-8,13H,5H2,1-4H3,(H,19,20,23). The Balaban J connectivity index is 1.87. The highest BCUT2D eigenvalue weighted by Crippen LogP contribution is 2.29. The summed E-state index contributed by atoms with van der Waals surface area (Å²) in [5, 5.41) is 8.54. The van der Waals surface area contributed by atoms with Crippen LogP contribution in [-0.4, -0.2) is 20.7 Å². The highest BCUT2D eigenvalue weighted by atomic mass is 35.5. The molecule has 126 valence electrons. The number of amides is 1. The Kier molecular flexibility index (Phi) is 4.60. The number of hydrogen-bond acceptors (Lipinski definition) is 4. The van der Waals surface area contributed by atoms with Crippen molar-refractivity contribution in [2.75, 3.05) is 5.32 Å². The maximum Gasteiger partial charge on any atom is 0.251 e. The lowest BCUT2D eigenvalue weighted by atomic mass is 10.2. The smallest absolute Gasteiger partial charge is 0.251 e. The number of hydrogen-bond donors (Lipinski definition) is 1. The van der Waals surface area contributed by atoms with Gasteiger partial charge in [-0.3, -0.25) is 9.48 Å². The molecule has 0 aliphatic heterocycles. The highest BCUT2D eigenvalue weighted by molar-refractivity contribution is 7.22. The van der Waals surface area contributed by atoms with E-state index in [1.165, 1.54) is 16.9 Å². The molecule has 7 heteroatoms. The van der Waals surface area contributed by atoms with Crippen molar-refractivity contribution < 1.29 is 4.79 Å². The van der Waals surface area contributed by atoms with Gasteiger partial charge in [0.2, 0.25) is 0 Å². The number of aromatic nitrogens is 3. The second-order valence-electron chi connectivity index (χ2n) is 5.83. The molecule has 3 aromatic rings. The number of halogens is 1. The zero-order chi connectivity index (χ0) is 17.4. The molecule has 1 unspecified atom stereocenters. The summed E-state index contributed by atoms with van der Waals surface area (Å²) in [5.74, 6) is -0.129. The molecule has 5 nitrogen and oxygen atoms in total. The second-order valence-corrected chi connectivity index (χ2v) is 7.24. The van der Waals surface area contributed by atoms with E-state index in [0.717, 1.165) is 21.6 Å². The molecule has 24 heavy (non-hydrogen) atoms. The fraction of sp³-hybridized carbons (Fsp3) is 0.353. The molecule has 0 fully saturated rings. The number of fused-ring (bicyclic) bond motifs is 1. The minimum atomic E-state index is -0.412. The Morgan fingerprint density at radius 2 is 2.12 bits per heavy atom. The van der Waals surface area contributed by atoms with E-state index in [1.807, 2.05) is 39.8 Å². The first-order valence-corrected chi connectivity index (χ1v) is 8.99. The van der Waals surface area contributed by atoms with E-state index in [1.54, 1.807) is 4.68 Å². The third kappa shape index (κ3) is 3.03. The third-order valence-corrected chi connectivity index (χ3v) is 5.48. The van der Waals surface area contributed by atoms with Gasteiger partial charge in [0, 0.05) is 0 Å². The Morgan fingerprint density at radius 3 is 2.75 bits per heavy atom. The van der Waals surface area contributed by atoms with Crippen molar-refractivity contribution in [2.45, 2.75) is 40.2 Å². The predicted molar refractivity (Wildman–Crippen MR) is 99.0 cm³/mol. The summed E-state index contributed by atoms with van der Waals surface area (Å²) >= 11 is 7.68. The summed E-state index contributed by atoms with van der Waals surface area (Å²) in [6.45, 7) is 7.71. The van der Waals surface area contributed by atoms with Crippen molar-refractivity contribution in [1.29, 1.82) is 0 Å². The second kappa shape index (κ2) is 6.53. The van der Waals surface area contributed by atoms with Gasteiger partial charge in [0.15, 0.2) is 5.13 Å². The van der Waals surface area contributed by atoms with Crippen molar-refractivity contribution in [1.82, 2.24) is 14.8 Å². The summed E-state index contributed by atoms with van der Waals surface area (Å²) in [6, 6.07) is 5.64. The van der Waals surface area contributed by atoms with Crippen LogP contribution in [-0.2, 0) is 4.79 Å². The van der Waals surface area contributed by atoms with Crippen molar-refractivity contribution in [3.8, 4) is 0 Å². The molecule has 1 aromatic carbocycles. The lowest BCUT2D eigenvalue weighted by Crippen LogP contribution is -2.27. The highest BCUT2D eigenvalue weighted by Gasteiger charge is 2.24. The predicted octanol–water partition coefficient (Wildman–Crippen LogP) is 4.66. The summed E-state index contributed by atoms with van der Waals surface area (Å²) in [4.78, 5) is 17.2. The number of benzene rings is 1. The molecule has 1 amide bonds. The Labute approximate surface area is 149 Å². The molecular weight excluding hydrogens is 344 g/mol. The fourth-order valence-corrected chi connectivity index (χ4v) is 3.78. The minimum Gasteiger partial charge on any atom is -0.300 e. The van der Waals surface area contributed by atoms with Gasteiger partial charge in [-0.15, -0.1) is 0 Å². The lowest BCUT2D eigenvalue weighted by molar-refractivity contribution is -0.119. The molecule has 1 atom stereocenters. The Hall–Kier alpha value is -1.92. The molecule has 2 heterocycles. The zero-order valence-electron chi connectivity index (χ0n) is 14.1. The number of rotatable bonds is 4. The van der Waals surface area contributed by atoms with E-state index in [2.05, 4.69) is 21.5 Å². The van der Waals surface area contributed by atoms with Crippen molar-refractivity contribution in [3.05, 3.63) is 40.2 Å². The van der Waals surface area contributed by atoms with Gasteiger partial charge in [-0.05, 0) is 44.9 Å². The molecule has 0 saturated heterocycles. The number of anilines is 1. The molecule has 0 radical (unpaired) electrons. The number of nitrogens with zero attached hydrogens (tertiary/aromatic N) is 3. The first kappa shape index (κ1) is 16.9. The first-order chi connectivity index (χ1) is 11.4. The monoisotopic (exact) mass is 362 g/mol. The molecule has 0 aliphatic carbocycles. The SMILES string of the molecule is CCC(C(=O)Nc1nc2ccc(C)cc2s1)n1nc(C)c(Cl)c1C. The summed E-state index contributed by atoms with van der Waals surface area (Å²) < 4.78 is 2.76. The Morgan fingerprint density at radius 1 is 1.38 bits per heavy atom. The molecule has 3 rings (SSSR count).